The molecule has 0 N–H and O–H groups in total. The second-order valence-corrected chi connectivity index (χ2v) is 17.6. The van der Waals surface area contributed by atoms with E-state index in [1.807, 2.05) is 6.92 Å². The number of ether oxygens (including phenoxy) is 4. The number of sulfonamides is 1. The number of methoxy groups -OCH3 is 4. The highest BCUT2D eigenvalue weighted by atomic mass is 32.2. The summed E-state index contributed by atoms with van der Waals surface area (Å²) < 4.78 is 58.4. The predicted octanol–water partition coefficient (Wildman–Crippen LogP) is 6.81. The normalized spacial score (nSPS) is 12.1. The third kappa shape index (κ3) is 6.50. The van der Waals surface area contributed by atoms with Gasteiger partial charge in [0.1, 0.15) is 5.75 Å². The van der Waals surface area contributed by atoms with E-state index in [1.54, 1.807) is 61.7 Å². The van der Waals surface area contributed by atoms with E-state index in [9.17, 15) is 8.42 Å². The molecule has 0 amide bonds. The average molecular weight is 588 g/mol. The highest BCUT2D eigenvalue weighted by Gasteiger charge is 2.40. The summed E-state index contributed by atoms with van der Waals surface area (Å²) >= 11 is 0. The van der Waals surface area contributed by atoms with Crippen LogP contribution in [0, 0.1) is 6.92 Å². The molecule has 0 fully saturated rings. The minimum absolute atomic E-state index is 0.00121. The van der Waals surface area contributed by atoms with Gasteiger partial charge in [0.15, 0.2) is 17.2 Å². The van der Waals surface area contributed by atoms with Crippen LogP contribution in [-0.4, -0.2) is 45.2 Å². The summed E-state index contributed by atoms with van der Waals surface area (Å²) in [7, 11) is -0.124. The van der Waals surface area contributed by atoms with Crippen molar-refractivity contribution in [1.29, 1.82) is 0 Å². The van der Waals surface area contributed by atoms with Crippen LogP contribution >= 0.6 is 0 Å². The lowest BCUT2D eigenvalue weighted by Gasteiger charge is -2.37. The van der Waals surface area contributed by atoms with Gasteiger partial charge in [0.05, 0.1) is 45.6 Å². The maximum absolute atomic E-state index is 14.2. The van der Waals surface area contributed by atoms with Gasteiger partial charge in [-0.1, -0.05) is 38.5 Å². The van der Waals surface area contributed by atoms with Gasteiger partial charge in [-0.25, -0.2) is 8.42 Å². The second-order valence-electron chi connectivity index (χ2n) is 11.1. The lowest BCUT2D eigenvalue weighted by atomic mass is 10.1. The van der Waals surface area contributed by atoms with Crippen molar-refractivity contribution in [2.24, 2.45) is 0 Å². The minimum Gasteiger partial charge on any atom is -0.541 e. The molecule has 0 saturated heterocycles. The molecule has 3 rings (SSSR count). The van der Waals surface area contributed by atoms with Crippen LogP contribution in [0.5, 0.6) is 28.7 Å². The number of nitrogens with zero attached hydrogens (tertiary/aromatic N) is 1. The van der Waals surface area contributed by atoms with E-state index < -0.39 is 18.3 Å². The van der Waals surface area contributed by atoms with Gasteiger partial charge in [-0.15, -0.1) is 0 Å². The first-order valence-electron chi connectivity index (χ1n) is 12.9. The Kier molecular flexibility index (Phi) is 9.36. The molecule has 218 valence electrons. The van der Waals surface area contributed by atoms with Crippen LogP contribution in [0.1, 0.15) is 31.9 Å². The van der Waals surface area contributed by atoms with E-state index in [4.69, 9.17) is 23.4 Å². The molecular formula is C30H41NO7SSi. The van der Waals surface area contributed by atoms with E-state index in [2.05, 4.69) is 33.9 Å². The molecule has 3 aromatic rings. The van der Waals surface area contributed by atoms with Gasteiger partial charge in [0.25, 0.3) is 18.3 Å². The molecule has 0 aliphatic carbocycles. The fourth-order valence-electron chi connectivity index (χ4n) is 3.87. The quantitative estimate of drug-likeness (QED) is 0.228. The van der Waals surface area contributed by atoms with Crippen LogP contribution < -0.4 is 27.7 Å². The molecular weight excluding hydrogens is 546 g/mol. The van der Waals surface area contributed by atoms with E-state index in [0.29, 0.717) is 40.0 Å². The third-order valence-corrected chi connectivity index (χ3v) is 13.4. The largest absolute Gasteiger partial charge is 0.541 e. The first-order valence-corrected chi connectivity index (χ1v) is 17.3. The van der Waals surface area contributed by atoms with Gasteiger partial charge in [-0.2, -0.15) is 0 Å². The second kappa shape index (κ2) is 12.0. The molecule has 10 heteroatoms. The standard InChI is InChI=1S/C30H41NO7SSi/c1-21-11-14-24(15-12-21)39(32,33)31(20-22-17-27(35-6)29(37-8)28(18-22)36-7)23-13-16-25(34-5)26(19-23)38-40(9,10)30(2,3)4/h11-19H,20H2,1-10H3. The summed E-state index contributed by atoms with van der Waals surface area (Å²) in [6.45, 7) is 12.6. The molecule has 40 heavy (non-hydrogen) atoms. The third-order valence-electron chi connectivity index (χ3n) is 7.27. The maximum atomic E-state index is 14.2. The Balaban J connectivity index is 2.22. The van der Waals surface area contributed by atoms with E-state index in [0.717, 1.165) is 5.56 Å². The summed E-state index contributed by atoms with van der Waals surface area (Å²) in [5.74, 6) is 2.33. The Hall–Kier alpha value is -3.37. The number of hydrogen-bond acceptors (Lipinski definition) is 7. The number of anilines is 1. The highest BCUT2D eigenvalue weighted by molar-refractivity contribution is 7.92. The van der Waals surface area contributed by atoms with Gasteiger partial charge in [0, 0.05) is 6.07 Å². The zero-order valence-corrected chi connectivity index (χ0v) is 26.9. The van der Waals surface area contributed by atoms with Crippen molar-refractivity contribution in [1.82, 2.24) is 0 Å². The predicted molar refractivity (Wildman–Crippen MR) is 161 cm³/mol. The van der Waals surface area contributed by atoms with Crippen molar-refractivity contribution >= 4 is 24.0 Å². The fraction of sp³-hybridized carbons (Fsp3) is 0.400. The minimum atomic E-state index is -4.00. The molecule has 8 nitrogen and oxygen atoms in total. The summed E-state index contributed by atoms with van der Waals surface area (Å²) in [6, 6.07) is 15.5. The Labute approximate surface area is 240 Å². The summed E-state index contributed by atoms with van der Waals surface area (Å²) in [6.07, 6.45) is 0. The topological polar surface area (TPSA) is 83.5 Å². The van der Waals surface area contributed by atoms with Crippen molar-refractivity contribution in [3.8, 4) is 28.7 Å². The average Bonchev–Trinajstić information content (AvgIpc) is 2.90. The summed E-state index contributed by atoms with van der Waals surface area (Å²) in [5.41, 5.74) is 2.04. The van der Waals surface area contributed by atoms with Crippen LogP contribution in [0.15, 0.2) is 59.5 Å². The Morgan fingerprint density at radius 2 is 1.30 bits per heavy atom. The molecule has 0 aliphatic rings. The van der Waals surface area contributed by atoms with Crippen LogP contribution in [0.3, 0.4) is 0 Å². The lowest BCUT2D eigenvalue weighted by Crippen LogP contribution is -2.44. The summed E-state index contributed by atoms with van der Waals surface area (Å²) in [4.78, 5) is 0.174. The number of aryl methyl sites for hydroxylation is 1. The van der Waals surface area contributed by atoms with Crippen LogP contribution in [0.2, 0.25) is 18.1 Å². The van der Waals surface area contributed by atoms with Gasteiger partial charge >= 0.3 is 0 Å². The molecule has 3 aromatic carbocycles. The van der Waals surface area contributed by atoms with Gasteiger partial charge in [0.2, 0.25) is 5.75 Å². The first-order chi connectivity index (χ1) is 18.7. The van der Waals surface area contributed by atoms with Crippen molar-refractivity contribution in [3.63, 3.8) is 0 Å². The molecule has 0 radical (unpaired) electrons. The van der Waals surface area contributed by atoms with E-state index in [1.165, 1.54) is 25.6 Å². The molecule has 0 aromatic heterocycles. The van der Waals surface area contributed by atoms with E-state index >= 15 is 0 Å². The highest BCUT2D eigenvalue weighted by Crippen LogP contribution is 2.43. The molecule has 0 unspecified atom stereocenters. The zero-order chi connectivity index (χ0) is 29.9. The molecule has 0 aliphatic heterocycles. The van der Waals surface area contributed by atoms with Crippen molar-refractivity contribution in [2.75, 3.05) is 32.7 Å². The Morgan fingerprint density at radius 1 is 0.750 bits per heavy atom. The van der Waals surface area contributed by atoms with Crippen molar-refractivity contribution < 1.29 is 31.8 Å². The zero-order valence-electron chi connectivity index (χ0n) is 25.1. The monoisotopic (exact) mass is 587 g/mol. The van der Waals surface area contributed by atoms with Crippen LogP contribution in [-0.2, 0) is 16.6 Å². The fourth-order valence-corrected chi connectivity index (χ4v) is 6.33. The van der Waals surface area contributed by atoms with Gasteiger partial charge in [-0.05, 0) is 67.0 Å². The molecule has 0 spiro atoms. The molecule has 0 bridgehead atoms. The Morgan fingerprint density at radius 3 is 1.77 bits per heavy atom. The SMILES string of the molecule is COc1ccc(N(Cc2cc(OC)c(OC)c(OC)c2)S(=O)(=O)c2ccc(C)cc2)cc1O[Si](C)(C)C(C)(C)C. The van der Waals surface area contributed by atoms with Gasteiger partial charge in [-0.3, -0.25) is 4.31 Å². The maximum Gasteiger partial charge on any atom is 0.264 e. The molecule has 0 saturated carbocycles. The van der Waals surface area contributed by atoms with Crippen molar-refractivity contribution in [2.45, 2.75) is 57.3 Å². The summed E-state index contributed by atoms with van der Waals surface area (Å²) in [5, 5.41) is -0.0715. The Bertz CT molecular complexity index is 1410. The van der Waals surface area contributed by atoms with Gasteiger partial charge < -0.3 is 23.4 Å². The number of hydrogen-bond donors (Lipinski definition) is 0. The van der Waals surface area contributed by atoms with Crippen LogP contribution in [0.25, 0.3) is 0 Å². The smallest absolute Gasteiger partial charge is 0.264 e. The lowest BCUT2D eigenvalue weighted by molar-refractivity contribution is 0.324. The van der Waals surface area contributed by atoms with Crippen molar-refractivity contribution in [3.05, 3.63) is 65.7 Å². The first kappa shape index (κ1) is 31.2. The van der Waals surface area contributed by atoms with Crippen LogP contribution in [0.4, 0.5) is 5.69 Å². The number of benzene rings is 3. The molecule has 0 atom stereocenters. The number of rotatable bonds is 11. The molecule has 0 heterocycles. The van der Waals surface area contributed by atoms with E-state index in [-0.39, 0.29) is 16.5 Å².